The van der Waals surface area contributed by atoms with Crippen LogP contribution in [0.4, 0.5) is 0 Å². The fourth-order valence-corrected chi connectivity index (χ4v) is 3.14. The Bertz CT molecular complexity index is 1120. The van der Waals surface area contributed by atoms with Crippen molar-refractivity contribution in [2.45, 2.75) is 26.8 Å². The molecule has 24 heavy (non-hydrogen) atoms. The Balaban J connectivity index is 2.07. The van der Waals surface area contributed by atoms with E-state index >= 15 is 0 Å². The van der Waals surface area contributed by atoms with Crippen LogP contribution in [0.1, 0.15) is 25.5 Å². The third kappa shape index (κ3) is 2.22. The Morgan fingerprint density at radius 1 is 1.08 bits per heavy atom. The number of benzene rings is 2. The van der Waals surface area contributed by atoms with E-state index in [-0.39, 0.29) is 11.7 Å². The van der Waals surface area contributed by atoms with E-state index in [0.717, 1.165) is 22.0 Å². The number of rotatable bonds is 2. The van der Waals surface area contributed by atoms with Crippen molar-refractivity contribution in [1.29, 1.82) is 0 Å². The monoisotopic (exact) mass is 318 g/mol. The van der Waals surface area contributed by atoms with E-state index in [0.29, 0.717) is 17.0 Å². The van der Waals surface area contributed by atoms with Gasteiger partial charge in [0.25, 0.3) is 0 Å². The molecule has 0 aliphatic carbocycles. The number of aromatic nitrogens is 2. The SMILES string of the molecule is Cc1ccc2c(c1)nc(-c1cc3ccccc3oc1=O)n2C(C)C. The molecular formula is C20H18N2O2. The zero-order chi connectivity index (χ0) is 16.8. The van der Waals surface area contributed by atoms with E-state index in [4.69, 9.17) is 9.40 Å². The summed E-state index contributed by atoms with van der Waals surface area (Å²) in [7, 11) is 0. The van der Waals surface area contributed by atoms with Crippen molar-refractivity contribution in [3.63, 3.8) is 0 Å². The van der Waals surface area contributed by atoms with Gasteiger partial charge in [-0.05, 0) is 50.6 Å². The summed E-state index contributed by atoms with van der Waals surface area (Å²) in [5, 5.41) is 0.894. The maximum Gasteiger partial charge on any atom is 0.347 e. The molecule has 4 rings (SSSR count). The van der Waals surface area contributed by atoms with Crippen LogP contribution in [-0.4, -0.2) is 9.55 Å². The summed E-state index contributed by atoms with van der Waals surface area (Å²) < 4.78 is 7.59. The van der Waals surface area contributed by atoms with E-state index in [9.17, 15) is 4.79 Å². The van der Waals surface area contributed by atoms with Crippen LogP contribution in [0.3, 0.4) is 0 Å². The molecule has 0 bridgehead atoms. The highest BCUT2D eigenvalue weighted by Gasteiger charge is 2.18. The first-order valence-electron chi connectivity index (χ1n) is 8.06. The number of fused-ring (bicyclic) bond motifs is 2. The molecule has 0 atom stereocenters. The minimum absolute atomic E-state index is 0.179. The minimum atomic E-state index is -0.359. The highest BCUT2D eigenvalue weighted by Crippen LogP contribution is 2.28. The average Bonchev–Trinajstić information content (AvgIpc) is 2.92. The van der Waals surface area contributed by atoms with Crippen LogP contribution < -0.4 is 5.63 Å². The van der Waals surface area contributed by atoms with Gasteiger partial charge in [0.15, 0.2) is 0 Å². The number of nitrogens with zero attached hydrogens (tertiary/aromatic N) is 2. The molecule has 4 nitrogen and oxygen atoms in total. The number of imidazole rings is 1. The molecule has 0 spiro atoms. The van der Waals surface area contributed by atoms with Crippen LogP contribution >= 0.6 is 0 Å². The summed E-state index contributed by atoms with van der Waals surface area (Å²) in [4.78, 5) is 17.3. The Morgan fingerprint density at radius 2 is 1.88 bits per heavy atom. The van der Waals surface area contributed by atoms with E-state index < -0.39 is 0 Å². The van der Waals surface area contributed by atoms with E-state index in [1.807, 2.05) is 37.3 Å². The second-order valence-electron chi connectivity index (χ2n) is 6.38. The second-order valence-corrected chi connectivity index (χ2v) is 6.38. The zero-order valence-corrected chi connectivity index (χ0v) is 13.9. The molecule has 4 heteroatoms. The van der Waals surface area contributed by atoms with Crippen LogP contribution in [-0.2, 0) is 0 Å². The van der Waals surface area contributed by atoms with E-state index in [1.54, 1.807) is 6.07 Å². The molecule has 0 saturated heterocycles. The van der Waals surface area contributed by atoms with Crippen LogP contribution in [0.15, 0.2) is 57.7 Å². The molecule has 2 aromatic carbocycles. The van der Waals surface area contributed by atoms with Gasteiger partial charge in [-0.3, -0.25) is 0 Å². The Morgan fingerprint density at radius 3 is 2.67 bits per heavy atom. The summed E-state index contributed by atoms with van der Waals surface area (Å²) in [6, 6.07) is 15.7. The van der Waals surface area contributed by atoms with Gasteiger partial charge in [-0.25, -0.2) is 9.78 Å². The molecule has 120 valence electrons. The molecule has 0 N–H and O–H groups in total. The third-order valence-corrected chi connectivity index (χ3v) is 4.24. The highest BCUT2D eigenvalue weighted by molar-refractivity contribution is 5.84. The number of hydrogen-bond acceptors (Lipinski definition) is 3. The second kappa shape index (κ2) is 5.34. The van der Waals surface area contributed by atoms with Crippen LogP contribution in [0.5, 0.6) is 0 Å². The number of hydrogen-bond donors (Lipinski definition) is 0. The highest BCUT2D eigenvalue weighted by atomic mass is 16.4. The zero-order valence-electron chi connectivity index (χ0n) is 13.9. The molecule has 0 amide bonds. The van der Waals surface area contributed by atoms with Crippen molar-refractivity contribution in [2.24, 2.45) is 0 Å². The third-order valence-electron chi connectivity index (χ3n) is 4.24. The Hall–Kier alpha value is -2.88. The van der Waals surface area contributed by atoms with E-state index in [1.165, 1.54) is 0 Å². The van der Waals surface area contributed by atoms with Crippen molar-refractivity contribution >= 4 is 22.0 Å². The summed E-state index contributed by atoms with van der Waals surface area (Å²) >= 11 is 0. The first-order chi connectivity index (χ1) is 11.5. The fourth-order valence-electron chi connectivity index (χ4n) is 3.14. The fraction of sp³-hybridized carbons (Fsp3) is 0.200. The molecule has 0 aliphatic rings. The smallest absolute Gasteiger partial charge is 0.347 e. The molecule has 2 heterocycles. The van der Waals surface area contributed by atoms with Gasteiger partial charge in [0, 0.05) is 11.4 Å². The maximum atomic E-state index is 12.5. The lowest BCUT2D eigenvalue weighted by Crippen LogP contribution is -2.10. The summed E-state index contributed by atoms with van der Waals surface area (Å²) in [6.45, 7) is 6.22. The Kier molecular flexibility index (Phi) is 3.27. The van der Waals surface area contributed by atoms with Crippen molar-refractivity contribution in [3.8, 4) is 11.4 Å². The summed E-state index contributed by atoms with van der Waals surface area (Å²) in [5.41, 5.74) is 3.80. The maximum absolute atomic E-state index is 12.5. The lowest BCUT2D eigenvalue weighted by Gasteiger charge is -2.12. The first kappa shape index (κ1) is 14.7. The molecule has 2 aromatic heterocycles. The largest absolute Gasteiger partial charge is 0.422 e. The number of aryl methyl sites for hydroxylation is 1. The van der Waals surface area contributed by atoms with Crippen molar-refractivity contribution in [1.82, 2.24) is 9.55 Å². The van der Waals surface area contributed by atoms with Crippen LogP contribution in [0, 0.1) is 6.92 Å². The Labute approximate surface area is 139 Å². The van der Waals surface area contributed by atoms with Crippen molar-refractivity contribution in [3.05, 3.63) is 64.5 Å². The van der Waals surface area contributed by atoms with Crippen molar-refractivity contribution in [2.75, 3.05) is 0 Å². The lowest BCUT2D eigenvalue weighted by atomic mass is 10.1. The molecule has 0 saturated carbocycles. The van der Waals surface area contributed by atoms with Crippen LogP contribution in [0.25, 0.3) is 33.4 Å². The predicted molar refractivity (Wildman–Crippen MR) is 96.3 cm³/mol. The van der Waals surface area contributed by atoms with Gasteiger partial charge in [-0.15, -0.1) is 0 Å². The standard InChI is InChI=1S/C20H18N2O2/c1-12(2)22-17-9-8-13(3)10-16(17)21-19(22)15-11-14-6-4-5-7-18(14)24-20(15)23/h4-12H,1-3H3. The number of para-hydroxylation sites is 1. The van der Waals surface area contributed by atoms with Gasteiger partial charge in [-0.2, -0.15) is 0 Å². The minimum Gasteiger partial charge on any atom is -0.422 e. The summed E-state index contributed by atoms with van der Waals surface area (Å²) in [6.07, 6.45) is 0. The molecule has 0 radical (unpaired) electrons. The molecule has 0 aliphatic heterocycles. The molecule has 4 aromatic rings. The van der Waals surface area contributed by atoms with Gasteiger partial charge in [0.05, 0.1) is 11.0 Å². The van der Waals surface area contributed by atoms with Gasteiger partial charge in [0.1, 0.15) is 17.0 Å². The first-order valence-corrected chi connectivity index (χ1v) is 8.06. The summed E-state index contributed by atoms with van der Waals surface area (Å²) in [5.74, 6) is 0.658. The quantitative estimate of drug-likeness (QED) is 0.503. The molecule has 0 unspecified atom stereocenters. The average molecular weight is 318 g/mol. The van der Waals surface area contributed by atoms with Gasteiger partial charge < -0.3 is 8.98 Å². The molecule has 0 fully saturated rings. The lowest BCUT2D eigenvalue weighted by molar-refractivity contribution is 0.559. The normalized spacial score (nSPS) is 11.7. The van der Waals surface area contributed by atoms with Gasteiger partial charge in [0.2, 0.25) is 0 Å². The predicted octanol–water partition coefficient (Wildman–Crippen LogP) is 4.70. The van der Waals surface area contributed by atoms with Gasteiger partial charge >= 0.3 is 5.63 Å². The van der Waals surface area contributed by atoms with Crippen molar-refractivity contribution < 1.29 is 4.42 Å². The van der Waals surface area contributed by atoms with Gasteiger partial charge in [-0.1, -0.05) is 24.3 Å². The van der Waals surface area contributed by atoms with E-state index in [2.05, 4.69) is 30.5 Å². The topological polar surface area (TPSA) is 48.0 Å². The van der Waals surface area contributed by atoms with Crippen LogP contribution in [0.2, 0.25) is 0 Å². The molecular weight excluding hydrogens is 300 g/mol.